The van der Waals surface area contributed by atoms with E-state index in [0.29, 0.717) is 0 Å². The van der Waals surface area contributed by atoms with E-state index in [2.05, 4.69) is 5.10 Å². The van der Waals surface area contributed by atoms with E-state index < -0.39 is 0 Å². The molecule has 1 saturated carbocycles. The van der Waals surface area contributed by atoms with Gasteiger partial charge in [0.05, 0.1) is 12.4 Å². The standard InChI is InChI=1S/C9H15N3O.2ClH/c1-12-6-7(5-11-12)13-9-4-2-3-8(9)10;;/h5-6,8-9H,2-4,10H2,1H3;2*1H/t8-,9+;;/m0../s1. The van der Waals surface area contributed by atoms with Crippen LogP contribution in [0.4, 0.5) is 0 Å². The number of hydrogen-bond acceptors (Lipinski definition) is 3. The Labute approximate surface area is 102 Å². The molecule has 1 aromatic rings. The zero-order valence-electron chi connectivity index (χ0n) is 8.63. The molecule has 0 radical (unpaired) electrons. The van der Waals surface area contributed by atoms with Crippen molar-refractivity contribution < 1.29 is 4.74 Å². The largest absolute Gasteiger partial charge is 0.486 e. The predicted octanol–water partition coefficient (Wildman–Crippen LogP) is 1.52. The summed E-state index contributed by atoms with van der Waals surface area (Å²) in [6, 6.07) is 0.195. The molecule has 1 aromatic heterocycles. The molecule has 2 rings (SSSR count). The predicted molar refractivity (Wildman–Crippen MR) is 63.9 cm³/mol. The average molecular weight is 254 g/mol. The monoisotopic (exact) mass is 253 g/mol. The van der Waals surface area contributed by atoms with Crippen molar-refractivity contribution in [1.29, 1.82) is 0 Å². The van der Waals surface area contributed by atoms with Gasteiger partial charge in [-0.3, -0.25) is 4.68 Å². The van der Waals surface area contributed by atoms with Crippen LogP contribution in [0, 0.1) is 0 Å². The Kier molecular flexibility index (Phi) is 6.02. The Morgan fingerprint density at radius 1 is 1.47 bits per heavy atom. The summed E-state index contributed by atoms with van der Waals surface area (Å²) in [5.41, 5.74) is 5.88. The van der Waals surface area contributed by atoms with Gasteiger partial charge in [0, 0.05) is 13.1 Å². The van der Waals surface area contributed by atoms with Crippen molar-refractivity contribution in [3.63, 3.8) is 0 Å². The molecule has 1 aliphatic carbocycles. The molecule has 0 bridgehead atoms. The second-order valence-corrected chi connectivity index (χ2v) is 3.60. The highest BCUT2D eigenvalue weighted by atomic mass is 35.5. The Hall–Kier alpha value is -0.450. The van der Waals surface area contributed by atoms with Crippen LogP contribution in [0.25, 0.3) is 0 Å². The minimum absolute atomic E-state index is 0. The fourth-order valence-corrected chi connectivity index (χ4v) is 1.74. The summed E-state index contributed by atoms with van der Waals surface area (Å²) in [6.45, 7) is 0. The lowest BCUT2D eigenvalue weighted by molar-refractivity contribution is 0.191. The number of aromatic nitrogens is 2. The number of aryl methyl sites for hydroxylation is 1. The first-order chi connectivity index (χ1) is 6.25. The van der Waals surface area contributed by atoms with Crippen LogP contribution in [0.5, 0.6) is 5.75 Å². The summed E-state index contributed by atoms with van der Waals surface area (Å²) < 4.78 is 7.43. The molecule has 0 saturated heterocycles. The normalized spacial score (nSPS) is 24.1. The van der Waals surface area contributed by atoms with Crippen molar-refractivity contribution in [2.45, 2.75) is 31.4 Å². The Morgan fingerprint density at radius 3 is 2.67 bits per heavy atom. The number of halogens is 2. The number of nitrogens with zero attached hydrogens (tertiary/aromatic N) is 2. The maximum atomic E-state index is 5.88. The highest BCUT2D eigenvalue weighted by Gasteiger charge is 2.25. The molecule has 1 fully saturated rings. The topological polar surface area (TPSA) is 53.1 Å². The van der Waals surface area contributed by atoms with Crippen LogP contribution in [0.1, 0.15) is 19.3 Å². The maximum Gasteiger partial charge on any atom is 0.157 e. The van der Waals surface area contributed by atoms with Gasteiger partial charge in [-0.25, -0.2) is 0 Å². The van der Waals surface area contributed by atoms with Gasteiger partial charge in [0.25, 0.3) is 0 Å². The number of ether oxygens (including phenoxy) is 1. The van der Waals surface area contributed by atoms with Gasteiger partial charge in [0.1, 0.15) is 6.10 Å². The molecule has 2 atom stereocenters. The van der Waals surface area contributed by atoms with Gasteiger partial charge < -0.3 is 10.5 Å². The quantitative estimate of drug-likeness (QED) is 0.870. The number of rotatable bonds is 2. The van der Waals surface area contributed by atoms with Gasteiger partial charge in [0.2, 0.25) is 0 Å². The van der Waals surface area contributed by atoms with Gasteiger partial charge in [-0.15, -0.1) is 24.8 Å². The van der Waals surface area contributed by atoms with Gasteiger partial charge in [-0.05, 0) is 19.3 Å². The molecule has 0 aliphatic heterocycles. The summed E-state index contributed by atoms with van der Waals surface area (Å²) in [5.74, 6) is 0.824. The van der Waals surface area contributed by atoms with Crippen molar-refractivity contribution in [2.75, 3.05) is 0 Å². The summed E-state index contributed by atoms with van der Waals surface area (Å²) in [7, 11) is 1.88. The average Bonchev–Trinajstić information content (AvgIpc) is 2.64. The second kappa shape index (κ2) is 6.20. The number of nitrogens with two attached hydrogens (primary N) is 1. The summed E-state index contributed by atoms with van der Waals surface area (Å²) in [4.78, 5) is 0. The molecule has 4 nitrogen and oxygen atoms in total. The first-order valence-corrected chi connectivity index (χ1v) is 4.66. The zero-order valence-corrected chi connectivity index (χ0v) is 10.3. The highest BCUT2D eigenvalue weighted by molar-refractivity contribution is 5.85. The second-order valence-electron chi connectivity index (χ2n) is 3.60. The Bertz CT molecular complexity index is 293. The molecule has 1 heterocycles. The molecule has 15 heavy (non-hydrogen) atoms. The summed E-state index contributed by atoms with van der Waals surface area (Å²) in [6.07, 6.45) is 7.09. The SMILES string of the molecule is Cl.Cl.Cn1cc(O[C@@H]2CCC[C@@H]2N)cn1. The van der Waals surface area contributed by atoms with E-state index in [1.54, 1.807) is 10.9 Å². The van der Waals surface area contributed by atoms with Gasteiger partial charge in [-0.2, -0.15) is 5.10 Å². The Morgan fingerprint density at radius 2 is 2.20 bits per heavy atom. The van der Waals surface area contributed by atoms with Crippen LogP contribution in [0.2, 0.25) is 0 Å². The Balaban J connectivity index is 0.000000980. The highest BCUT2D eigenvalue weighted by Crippen LogP contribution is 2.22. The van der Waals surface area contributed by atoms with Crippen LogP contribution in [0.15, 0.2) is 12.4 Å². The van der Waals surface area contributed by atoms with Gasteiger partial charge in [0.15, 0.2) is 5.75 Å². The lowest BCUT2D eigenvalue weighted by Gasteiger charge is -2.15. The summed E-state index contributed by atoms with van der Waals surface area (Å²) in [5, 5.41) is 4.03. The summed E-state index contributed by atoms with van der Waals surface area (Å²) >= 11 is 0. The van der Waals surface area contributed by atoms with E-state index in [9.17, 15) is 0 Å². The minimum atomic E-state index is 0. The van der Waals surface area contributed by atoms with Crippen molar-refractivity contribution >= 4 is 24.8 Å². The molecule has 0 unspecified atom stereocenters. The van der Waals surface area contributed by atoms with Crippen LogP contribution < -0.4 is 10.5 Å². The van der Waals surface area contributed by atoms with Crippen molar-refractivity contribution in [1.82, 2.24) is 9.78 Å². The van der Waals surface area contributed by atoms with E-state index in [1.807, 2.05) is 13.2 Å². The fraction of sp³-hybridized carbons (Fsp3) is 0.667. The van der Waals surface area contributed by atoms with E-state index >= 15 is 0 Å². The smallest absolute Gasteiger partial charge is 0.157 e. The molecule has 2 N–H and O–H groups in total. The molecule has 0 spiro atoms. The minimum Gasteiger partial charge on any atom is -0.486 e. The fourth-order valence-electron chi connectivity index (χ4n) is 1.74. The van der Waals surface area contributed by atoms with Crippen molar-refractivity contribution in [3.05, 3.63) is 12.4 Å². The molecule has 1 aliphatic rings. The van der Waals surface area contributed by atoms with E-state index in [0.717, 1.165) is 18.6 Å². The third-order valence-corrected chi connectivity index (χ3v) is 2.47. The lowest BCUT2D eigenvalue weighted by atomic mass is 10.2. The van der Waals surface area contributed by atoms with Crippen LogP contribution >= 0.6 is 24.8 Å². The van der Waals surface area contributed by atoms with Crippen molar-refractivity contribution in [2.24, 2.45) is 12.8 Å². The third kappa shape index (κ3) is 3.55. The van der Waals surface area contributed by atoms with E-state index in [1.165, 1.54) is 6.42 Å². The molecule has 6 heteroatoms. The van der Waals surface area contributed by atoms with Gasteiger partial charge >= 0.3 is 0 Å². The molecular weight excluding hydrogens is 237 g/mol. The van der Waals surface area contributed by atoms with E-state index in [4.69, 9.17) is 10.5 Å². The molecule has 0 amide bonds. The lowest BCUT2D eigenvalue weighted by Crippen LogP contribution is -2.33. The van der Waals surface area contributed by atoms with E-state index in [-0.39, 0.29) is 37.0 Å². The van der Waals surface area contributed by atoms with Crippen LogP contribution in [-0.4, -0.2) is 21.9 Å². The molecular formula is C9H17Cl2N3O. The first kappa shape index (κ1) is 14.6. The zero-order chi connectivity index (χ0) is 9.26. The first-order valence-electron chi connectivity index (χ1n) is 4.66. The van der Waals surface area contributed by atoms with Crippen LogP contribution in [-0.2, 0) is 7.05 Å². The van der Waals surface area contributed by atoms with Gasteiger partial charge in [-0.1, -0.05) is 0 Å². The molecule has 0 aromatic carbocycles. The third-order valence-electron chi connectivity index (χ3n) is 2.47. The van der Waals surface area contributed by atoms with Crippen LogP contribution in [0.3, 0.4) is 0 Å². The van der Waals surface area contributed by atoms with Crippen molar-refractivity contribution in [3.8, 4) is 5.75 Å². The number of hydrogen-bond donors (Lipinski definition) is 1. The maximum absolute atomic E-state index is 5.88. The molecule has 88 valence electrons.